The Balaban J connectivity index is 2.02. The lowest BCUT2D eigenvalue weighted by Crippen LogP contribution is -2.03. The molecule has 0 fully saturated rings. The summed E-state index contributed by atoms with van der Waals surface area (Å²) in [4.78, 5) is 11.6. The molecule has 5 heteroatoms. The number of ether oxygens (including phenoxy) is 2. The molecule has 0 aliphatic rings. The van der Waals surface area contributed by atoms with Crippen molar-refractivity contribution < 1.29 is 14.3 Å². The second-order valence-electron chi connectivity index (χ2n) is 7.71. The highest BCUT2D eigenvalue weighted by Crippen LogP contribution is 2.35. The van der Waals surface area contributed by atoms with Crippen LogP contribution in [0, 0.1) is 0 Å². The van der Waals surface area contributed by atoms with Crippen LogP contribution in [0.2, 0.25) is 0 Å². The number of methoxy groups -OCH3 is 1. The summed E-state index contributed by atoms with van der Waals surface area (Å²) >= 11 is 6.95. The molecule has 0 saturated heterocycles. The van der Waals surface area contributed by atoms with Gasteiger partial charge in [-0.3, -0.25) is 0 Å². The summed E-state index contributed by atoms with van der Waals surface area (Å²) < 4.78 is 12.2. The molecule has 0 N–H and O–H groups in total. The van der Waals surface area contributed by atoms with Gasteiger partial charge in [-0.1, -0.05) is 90.4 Å². The van der Waals surface area contributed by atoms with Crippen molar-refractivity contribution in [3.05, 3.63) is 26.6 Å². The number of unbranched alkanes of at least 4 members (excludes halogenated alkanes) is 13. The summed E-state index contributed by atoms with van der Waals surface area (Å²) in [5.41, 5.74) is 0.495. The van der Waals surface area contributed by atoms with Gasteiger partial charge >= 0.3 is 5.97 Å². The number of esters is 1. The molecule has 1 rings (SSSR count). The molecule has 29 heavy (non-hydrogen) atoms. The van der Waals surface area contributed by atoms with Crippen molar-refractivity contribution in [1.29, 1.82) is 0 Å². The van der Waals surface area contributed by atoms with E-state index in [9.17, 15) is 4.79 Å². The Bertz CT molecular complexity index is 552. The van der Waals surface area contributed by atoms with Gasteiger partial charge in [-0.05, 0) is 50.4 Å². The van der Waals surface area contributed by atoms with E-state index in [2.05, 4.69) is 38.8 Å². The standard InChI is InChI=1S/C24H38Br2O3/c1-3-4-5-6-7-8-9-10-11-12-13-14-15-16-17-29-23-21(25)18-20(19-22(23)26)24(27)28-2/h18-19H,3-17H2,1-2H3. The molecular weight excluding hydrogens is 496 g/mol. The predicted octanol–water partition coefficient (Wildman–Crippen LogP) is 8.86. The average Bonchev–Trinajstić information content (AvgIpc) is 2.71. The summed E-state index contributed by atoms with van der Waals surface area (Å²) in [6, 6.07) is 3.47. The molecule has 0 unspecified atom stereocenters. The Hall–Kier alpha value is -0.550. The normalized spacial score (nSPS) is 10.9. The van der Waals surface area contributed by atoms with Crippen LogP contribution < -0.4 is 4.74 Å². The van der Waals surface area contributed by atoms with E-state index in [1.165, 1.54) is 90.6 Å². The topological polar surface area (TPSA) is 35.5 Å². The zero-order valence-corrected chi connectivity index (χ0v) is 21.4. The second kappa shape index (κ2) is 17.2. The summed E-state index contributed by atoms with van der Waals surface area (Å²) in [5.74, 6) is 0.386. The monoisotopic (exact) mass is 532 g/mol. The smallest absolute Gasteiger partial charge is 0.337 e. The first-order chi connectivity index (χ1) is 14.1. The van der Waals surface area contributed by atoms with Crippen molar-refractivity contribution in [2.75, 3.05) is 13.7 Å². The molecule has 0 amide bonds. The van der Waals surface area contributed by atoms with Gasteiger partial charge in [0.2, 0.25) is 0 Å². The van der Waals surface area contributed by atoms with Crippen LogP contribution in [0.1, 0.15) is 107 Å². The van der Waals surface area contributed by atoms with Crippen molar-refractivity contribution in [2.45, 2.75) is 96.8 Å². The minimum Gasteiger partial charge on any atom is -0.491 e. The molecule has 166 valence electrons. The van der Waals surface area contributed by atoms with Gasteiger partial charge < -0.3 is 9.47 Å². The molecule has 0 spiro atoms. The Morgan fingerprint density at radius 1 is 0.759 bits per heavy atom. The zero-order valence-electron chi connectivity index (χ0n) is 18.2. The fourth-order valence-electron chi connectivity index (χ4n) is 3.40. The second-order valence-corrected chi connectivity index (χ2v) is 9.41. The number of halogens is 2. The molecule has 0 heterocycles. The van der Waals surface area contributed by atoms with E-state index in [-0.39, 0.29) is 5.97 Å². The molecule has 0 saturated carbocycles. The van der Waals surface area contributed by atoms with Gasteiger partial charge in [-0.15, -0.1) is 0 Å². The minimum absolute atomic E-state index is 0.357. The van der Waals surface area contributed by atoms with Crippen LogP contribution in [0.15, 0.2) is 21.1 Å². The summed E-state index contributed by atoms with van der Waals surface area (Å²) in [5, 5.41) is 0. The third-order valence-corrected chi connectivity index (χ3v) is 6.34. The van der Waals surface area contributed by atoms with Gasteiger partial charge in [0.25, 0.3) is 0 Å². The molecular formula is C24H38Br2O3. The van der Waals surface area contributed by atoms with Gasteiger partial charge in [0, 0.05) is 0 Å². The first-order valence-electron chi connectivity index (χ1n) is 11.3. The Kier molecular flexibility index (Phi) is 15.7. The molecule has 0 aliphatic carbocycles. The van der Waals surface area contributed by atoms with E-state index in [1.54, 1.807) is 12.1 Å². The van der Waals surface area contributed by atoms with Crippen molar-refractivity contribution >= 4 is 37.8 Å². The Morgan fingerprint density at radius 3 is 1.59 bits per heavy atom. The maximum atomic E-state index is 11.6. The van der Waals surface area contributed by atoms with Crippen molar-refractivity contribution in [3.8, 4) is 5.75 Å². The highest BCUT2D eigenvalue weighted by molar-refractivity contribution is 9.11. The van der Waals surface area contributed by atoms with Crippen LogP contribution in [-0.4, -0.2) is 19.7 Å². The maximum absolute atomic E-state index is 11.6. The number of hydrogen-bond acceptors (Lipinski definition) is 3. The lowest BCUT2D eigenvalue weighted by Gasteiger charge is -2.11. The average molecular weight is 534 g/mol. The van der Waals surface area contributed by atoms with E-state index in [0.29, 0.717) is 12.2 Å². The fraction of sp³-hybridized carbons (Fsp3) is 0.708. The Labute approximate surface area is 194 Å². The van der Waals surface area contributed by atoms with Gasteiger partial charge in [0.1, 0.15) is 5.75 Å². The summed E-state index contributed by atoms with van der Waals surface area (Å²) in [7, 11) is 1.38. The number of hydrogen-bond donors (Lipinski definition) is 0. The number of rotatable bonds is 17. The van der Waals surface area contributed by atoms with Gasteiger partial charge in [0.15, 0.2) is 0 Å². The van der Waals surface area contributed by atoms with Crippen molar-refractivity contribution in [1.82, 2.24) is 0 Å². The molecule has 0 atom stereocenters. The predicted molar refractivity (Wildman–Crippen MR) is 129 cm³/mol. The van der Waals surface area contributed by atoms with Crippen molar-refractivity contribution in [3.63, 3.8) is 0 Å². The molecule has 3 nitrogen and oxygen atoms in total. The third kappa shape index (κ3) is 12.0. The number of carbonyl (C=O) groups is 1. The number of benzene rings is 1. The summed E-state index contributed by atoms with van der Waals surface area (Å²) in [6.45, 7) is 2.96. The number of carbonyl (C=O) groups excluding carboxylic acids is 1. The van der Waals surface area contributed by atoms with Crippen LogP contribution in [0.5, 0.6) is 5.75 Å². The maximum Gasteiger partial charge on any atom is 0.337 e. The molecule has 0 aliphatic heterocycles. The molecule has 1 aromatic carbocycles. The Morgan fingerprint density at radius 2 is 1.17 bits per heavy atom. The molecule has 0 bridgehead atoms. The lowest BCUT2D eigenvalue weighted by atomic mass is 10.0. The fourth-order valence-corrected chi connectivity index (χ4v) is 4.82. The minimum atomic E-state index is -0.357. The van der Waals surface area contributed by atoms with Crippen LogP contribution in [-0.2, 0) is 4.74 Å². The van der Waals surface area contributed by atoms with E-state index in [1.807, 2.05) is 0 Å². The van der Waals surface area contributed by atoms with E-state index < -0.39 is 0 Å². The van der Waals surface area contributed by atoms with Gasteiger partial charge in [-0.25, -0.2) is 4.79 Å². The third-order valence-electron chi connectivity index (χ3n) is 5.16. The molecule has 1 aromatic rings. The van der Waals surface area contributed by atoms with Crippen LogP contribution >= 0.6 is 31.9 Å². The summed E-state index contributed by atoms with van der Waals surface area (Å²) in [6.07, 6.45) is 18.9. The highest BCUT2D eigenvalue weighted by atomic mass is 79.9. The van der Waals surface area contributed by atoms with Gasteiger partial charge in [0.05, 0.1) is 28.2 Å². The lowest BCUT2D eigenvalue weighted by molar-refractivity contribution is 0.0600. The van der Waals surface area contributed by atoms with Crippen LogP contribution in [0.4, 0.5) is 0 Å². The van der Waals surface area contributed by atoms with Crippen LogP contribution in [0.25, 0.3) is 0 Å². The molecule has 0 radical (unpaired) electrons. The van der Waals surface area contributed by atoms with Crippen LogP contribution in [0.3, 0.4) is 0 Å². The van der Waals surface area contributed by atoms with Gasteiger partial charge in [-0.2, -0.15) is 0 Å². The largest absolute Gasteiger partial charge is 0.491 e. The zero-order chi connectivity index (χ0) is 21.3. The van der Waals surface area contributed by atoms with E-state index >= 15 is 0 Å². The molecule has 0 aromatic heterocycles. The van der Waals surface area contributed by atoms with E-state index in [0.717, 1.165) is 21.1 Å². The quantitative estimate of drug-likeness (QED) is 0.148. The first-order valence-corrected chi connectivity index (χ1v) is 12.9. The van der Waals surface area contributed by atoms with Crippen molar-refractivity contribution in [2.24, 2.45) is 0 Å². The SMILES string of the molecule is CCCCCCCCCCCCCCCCOc1c(Br)cc(C(=O)OC)cc1Br. The van der Waals surface area contributed by atoms with E-state index in [4.69, 9.17) is 9.47 Å². The first kappa shape index (κ1) is 26.5. The highest BCUT2D eigenvalue weighted by Gasteiger charge is 2.13.